The van der Waals surface area contributed by atoms with Crippen LogP contribution in [0.1, 0.15) is 79.0 Å². The van der Waals surface area contributed by atoms with Gasteiger partial charge in [0.05, 0.1) is 28.2 Å². The number of aromatic nitrogens is 4. The number of rotatable bonds is 6. The number of amides is 2. The van der Waals surface area contributed by atoms with Crippen LogP contribution in [0.5, 0.6) is 0 Å². The molecule has 4 rings (SSSR count). The van der Waals surface area contributed by atoms with Crippen LogP contribution in [0.25, 0.3) is 0 Å². The molecule has 0 aromatic carbocycles. The van der Waals surface area contributed by atoms with Crippen molar-refractivity contribution in [2.24, 2.45) is 40.0 Å². The second-order valence-corrected chi connectivity index (χ2v) is 10.3. The van der Waals surface area contributed by atoms with Crippen LogP contribution in [0.15, 0.2) is 24.8 Å². The van der Waals surface area contributed by atoms with Gasteiger partial charge < -0.3 is 10.6 Å². The fraction of sp³-hybridized carbons (Fsp3) is 0.680. The third-order valence-corrected chi connectivity index (χ3v) is 7.80. The summed E-state index contributed by atoms with van der Waals surface area (Å²) in [5.74, 6) is 2.98. The maximum atomic E-state index is 12.6. The summed E-state index contributed by atoms with van der Waals surface area (Å²) in [7, 11) is 7.64. The minimum atomic E-state index is 0.0257. The summed E-state index contributed by atoms with van der Waals surface area (Å²) >= 11 is 0. The molecule has 2 aliphatic carbocycles. The number of imidazole rings is 2. The summed E-state index contributed by atoms with van der Waals surface area (Å²) < 4.78 is 7.50. The lowest BCUT2D eigenvalue weighted by Crippen LogP contribution is -2.45. The number of nitrogens with zero attached hydrogens (tertiary/aromatic N) is 4. The van der Waals surface area contributed by atoms with E-state index in [0.29, 0.717) is 11.6 Å². The molecule has 0 atom stereocenters. The minimum Gasteiger partial charge on any atom is -0.343 e. The predicted molar refractivity (Wildman–Crippen MR) is 124 cm³/mol. The van der Waals surface area contributed by atoms with Gasteiger partial charge in [-0.25, -0.2) is 18.3 Å². The Morgan fingerprint density at radius 1 is 0.758 bits per heavy atom. The predicted octanol–water partition coefficient (Wildman–Crippen LogP) is 1.68. The number of hydrogen-bond acceptors (Lipinski definition) is 2. The third-order valence-electron chi connectivity index (χ3n) is 7.80. The first-order valence-electron chi connectivity index (χ1n) is 12.5. The highest BCUT2D eigenvalue weighted by Crippen LogP contribution is 2.35. The van der Waals surface area contributed by atoms with Gasteiger partial charge in [-0.05, 0) is 69.6 Å². The Hall–Kier alpha value is -2.64. The monoisotopic (exact) mass is 456 g/mol. The first-order valence-corrected chi connectivity index (χ1v) is 12.5. The number of carbonyl (C=O) groups excluding carboxylic acids is 2. The van der Waals surface area contributed by atoms with Gasteiger partial charge >= 0.3 is 23.5 Å². The van der Waals surface area contributed by atoms with E-state index in [2.05, 4.69) is 10.6 Å². The van der Waals surface area contributed by atoms with E-state index in [1.807, 2.05) is 71.2 Å². The van der Waals surface area contributed by atoms with Crippen molar-refractivity contribution in [1.82, 2.24) is 19.8 Å². The molecule has 0 saturated heterocycles. The molecule has 2 N–H and O–H groups in total. The second-order valence-electron chi connectivity index (χ2n) is 10.3. The maximum Gasteiger partial charge on any atom is 0.347 e. The van der Waals surface area contributed by atoms with E-state index in [1.165, 1.54) is 32.1 Å². The topological polar surface area (TPSA) is 75.8 Å². The van der Waals surface area contributed by atoms with E-state index < -0.39 is 0 Å². The Morgan fingerprint density at radius 2 is 1.12 bits per heavy atom. The summed E-state index contributed by atoms with van der Waals surface area (Å²) in [4.78, 5) is 25.3. The van der Waals surface area contributed by atoms with Crippen molar-refractivity contribution in [1.29, 1.82) is 0 Å². The molecule has 2 aliphatic rings. The number of hydrogen-bond donors (Lipinski definition) is 2. The molecule has 2 heterocycles. The van der Waals surface area contributed by atoms with Crippen LogP contribution in [0, 0.1) is 11.8 Å². The average Bonchev–Trinajstić information content (AvgIpc) is 3.30. The SMILES string of the molecule is Cn1cc[n+](C)c1C(=O)NC1CCC(CC2CCC(NC(=O)c3n(C)cc[n+]3C)CC2)CC1. The standard InChI is InChI=1S/C25H38N6O2/c1-28-13-14-29(2)24(28)22(32)26-20-9-5-18(6-10-20)17-19-7-11-21(12-8-19)27-23(33)25-30(3)15-16-31(25)4/h13-16,18-21H,5-12,17H2,1-4H3/p+2. The summed E-state index contributed by atoms with van der Waals surface area (Å²) in [5.41, 5.74) is 0. The molecular weight excluding hydrogens is 416 g/mol. The van der Waals surface area contributed by atoms with Gasteiger partial charge in [0.25, 0.3) is 0 Å². The van der Waals surface area contributed by atoms with Crippen LogP contribution in [-0.4, -0.2) is 33.0 Å². The molecule has 2 saturated carbocycles. The highest BCUT2D eigenvalue weighted by molar-refractivity contribution is 5.90. The molecule has 0 bridgehead atoms. The summed E-state index contributed by atoms with van der Waals surface area (Å²) in [6.45, 7) is 0. The highest BCUT2D eigenvalue weighted by atomic mass is 16.2. The van der Waals surface area contributed by atoms with Crippen LogP contribution in [-0.2, 0) is 28.2 Å². The van der Waals surface area contributed by atoms with E-state index in [-0.39, 0.29) is 23.9 Å². The molecule has 2 aromatic rings. The Balaban J connectivity index is 1.17. The summed E-state index contributed by atoms with van der Waals surface area (Å²) in [6.07, 6.45) is 18.0. The lowest BCUT2D eigenvalue weighted by atomic mass is 9.75. The Morgan fingerprint density at radius 3 is 1.42 bits per heavy atom. The van der Waals surface area contributed by atoms with Crippen molar-refractivity contribution in [3.05, 3.63) is 36.4 Å². The van der Waals surface area contributed by atoms with E-state index in [0.717, 1.165) is 37.5 Å². The first-order chi connectivity index (χ1) is 15.8. The van der Waals surface area contributed by atoms with Crippen LogP contribution in [0.3, 0.4) is 0 Å². The largest absolute Gasteiger partial charge is 0.347 e. The van der Waals surface area contributed by atoms with Crippen molar-refractivity contribution < 1.29 is 18.7 Å². The number of carbonyl (C=O) groups is 2. The molecule has 8 nitrogen and oxygen atoms in total. The minimum absolute atomic E-state index is 0.0257. The molecule has 0 spiro atoms. The quantitative estimate of drug-likeness (QED) is 0.649. The molecule has 2 fully saturated rings. The number of aryl methyl sites for hydroxylation is 4. The van der Waals surface area contributed by atoms with Gasteiger partial charge in [0.2, 0.25) is 0 Å². The van der Waals surface area contributed by atoms with E-state index in [9.17, 15) is 9.59 Å². The van der Waals surface area contributed by atoms with Gasteiger partial charge in [0.15, 0.2) is 0 Å². The van der Waals surface area contributed by atoms with Gasteiger partial charge in [-0.15, -0.1) is 0 Å². The molecule has 8 heteroatoms. The molecular formula is C25H40N6O2+2. The zero-order valence-corrected chi connectivity index (χ0v) is 20.6. The lowest BCUT2D eigenvalue weighted by molar-refractivity contribution is -0.673. The van der Waals surface area contributed by atoms with Crippen molar-refractivity contribution in [2.45, 2.75) is 69.9 Å². The maximum absolute atomic E-state index is 12.6. The van der Waals surface area contributed by atoms with Crippen LogP contribution in [0.2, 0.25) is 0 Å². The third kappa shape index (κ3) is 5.47. The molecule has 180 valence electrons. The van der Waals surface area contributed by atoms with Gasteiger partial charge in [0, 0.05) is 12.1 Å². The Labute approximate surface area is 197 Å². The van der Waals surface area contributed by atoms with Crippen molar-refractivity contribution in [2.75, 3.05) is 0 Å². The summed E-state index contributed by atoms with van der Waals surface area (Å²) in [6, 6.07) is 0.571. The van der Waals surface area contributed by atoms with E-state index in [1.54, 1.807) is 0 Å². The molecule has 0 aliphatic heterocycles. The normalized spacial score (nSPS) is 25.6. The lowest BCUT2D eigenvalue weighted by Gasteiger charge is -2.34. The summed E-state index contributed by atoms with van der Waals surface area (Å²) in [5, 5.41) is 6.49. The highest BCUT2D eigenvalue weighted by Gasteiger charge is 2.31. The molecule has 0 radical (unpaired) electrons. The van der Waals surface area contributed by atoms with Gasteiger partial charge in [-0.3, -0.25) is 9.59 Å². The smallest absolute Gasteiger partial charge is 0.343 e. The Kier molecular flexibility index (Phi) is 7.20. The van der Waals surface area contributed by atoms with Gasteiger partial charge in [-0.2, -0.15) is 0 Å². The fourth-order valence-corrected chi connectivity index (χ4v) is 5.88. The van der Waals surface area contributed by atoms with Gasteiger partial charge in [-0.1, -0.05) is 0 Å². The van der Waals surface area contributed by atoms with E-state index >= 15 is 0 Å². The molecule has 33 heavy (non-hydrogen) atoms. The zero-order valence-electron chi connectivity index (χ0n) is 20.6. The van der Waals surface area contributed by atoms with Crippen LogP contribution in [0.4, 0.5) is 0 Å². The van der Waals surface area contributed by atoms with E-state index in [4.69, 9.17) is 0 Å². The molecule has 2 aromatic heterocycles. The Bertz CT molecular complexity index is 860. The molecule has 0 unspecified atom stereocenters. The van der Waals surface area contributed by atoms with Crippen molar-refractivity contribution in [3.8, 4) is 0 Å². The zero-order chi connectivity index (χ0) is 23.5. The molecule has 2 amide bonds. The second kappa shape index (κ2) is 10.1. The fourth-order valence-electron chi connectivity index (χ4n) is 5.88. The van der Waals surface area contributed by atoms with Crippen molar-refractivity contribution >= 4 is 11.8 Å². The van der Waals surface area contributed by atoms with Crippen LogP contribution >= 0.6 is 0 Å². The van der Waals surface area contributed by atoms with Crippen LogP contribution < -0.4 is 19.8 Å². The van der Waals surface area contributed by atoms with Crippen molar-refractivity contribution in [3.63, 3.8) is 0 Å². The average molecular weight is 457 g/mol. The first kappa shape index (κ1) is 23.5. The van der Waals surface area contributed by atoms with Gasteiger partial charge in [0.1, 0.15) is 24.8 Å². The number of nitrogens with one attached hydrogen (secondary N) is 2.